The fourth-order valence-electron chi connectivity index (χ4n) is 6.67. The summed E-state index contributed by atoms with van der Waals surface area (Å²) in [6.45, 7) is 2.77. The van der Waals surface area contributed by atoms with E-state index in [4.69, 9.17) is 9.47 Å². The number of imide groups is 2. The molecule has 1 N–H and O–H groups in total. The highest BCUT2D eigenvalue weighted by Crippen LogP contribution is 2.49. The van der Waals surface area contributed by atoms with Crippen LogP contribution in [0.2, 0.25) is 0 Å². The number of barbiturate groups is 1. The summed E-state index contributed by atoms with van der Waals surface area (Å²) in [4.78, 5) is 58.4. The van der Waals surface area contributed by atoms with Crippen LogP contribution >= 0.6 is 0 Å². The van der Waals surface area contributed by atoms with Crippen molar-refractivity contribution in [3.05, 3.63) is 70.3 Å². The van der Waals surface area contributed by atoms with E-state index in [2.05, 4.69) is 5.32 Å². The Hall–Kier alpha value is -4.55. The summed E-state index contributed by atoms with van der Waals surface area (Å²) in [7, 11) is 0. The van der Waals surface area contributed by atoms with Crippen molar-refractivity contribution in [2.75, 3.05) is 60.8 Å². The number of benzene rings is 3. The monoisotopic (exact) mass is 557 g/mol. The fourth-order valence-corrected chi connectivity index (χ4v) is 6.67. The number of rotatable bonds is 3. The second-order valence-corrected chi connectivity index (χ2v) is 10.7. The van der Waals surface area contributed by atoms with E-state index in [0.29, 0.717) is 61.8 Å². The van der Waals surface area contributed by atoms with Crippen molar-refractivity contribution in [2.24, 2.45) is 5.41 Å². The van der Waals surface area contributed by atoms with Crippen LogP contribution in [0.25, 0.3) is 10.8 Å². The molecule has 1 spiro atoms. The number of ether oxygens (including phenoxy) is 2. The van der Waals surface area contributed by atoms with Crippen LogP contribution in [0.3, 0.4) is 0 Å². The van der Waals surface area contributed by atoms with Crippen molar-refractivity contribution in [1.29, 1.82) is 0 Å². The molecule has 7 rings (SSSR count). The van der Waals surface area contributed by atoms with E-state index in [9.17, 15) is 24.5 Å². The largest absolute Gasteiger partial charge is 0.378 e. The first-order chi connectivity index (χ1) is 19.9. The van der Waals surface area contributed by atoms with E-state index >= 15 is 0 Å². The molecule has 3 aromatic carbocycles. The standard InChI is InChI=1S/C29H27N5O7/c35-26-29(27(36)33(28(37)30-26)21-7-3-5-18-4-1-2-6-20(18)21)16-19-14-24(34(38)39)23(31-8-11-40-12-9-31)15-22(19)32-10-13-41-17-25(29)32/h1-7,14-15,25H,8-13,16-17H2,(H,30,35,37)/t25-,29-/m1/s1. The molecule has 4 aliphatic heterocycles. The molecule has 210 valence electrons. The van der Waals surface area contributed by atoms with Gasteiger partial charge in [-0.3, -0.25) is 25.0 Å². The molecule has 4 heterocycles. The Bertz CT molecular complexity index is 1620. The van der Waals surface area contributed by atoms with Crippen LogP contribution in [0, 0.1) is 15.5 Å². The molecular formula is C29H27N5O7. The highest BCUT2D eigenvalue weighted by Gasteiger charge is 2.63. The van der Waals surface area contributed by atoms with Gasteiger partial charge in [0.05, 0.1) is 43.1 Å². The molecule has 2 atom stereocenters. The minimum atomic E-state index is -1.74. The summed E-state index contributed by atoms with van der Waals surface area (Å²) in [6.07, 6.45) is -0.115. The van der Waals surface area contributed by atoms with Gasteiger partial charge in [-0.25, -0.2) is 9.69 Å². The van der Waals surface area contributed by atoms with Crippen molar-refractivity contribution in [3.63, 3.8) is 0 Å². The number of amides is 4. The van der Waals surface area contributed by atoms with Crippen LogP contribution < -0.4 is 20.0 Å². The second kappa shape index (κ2) is 9.53. The summed E-state index contributed by atoms with van der Waals surface area (Å²) in [5.41, 5.74) is 0.225. The average Bonchev–Trinajstić information content (AvgIpc) is 3.00. The van der Waals surface area contributed by atoms with Gasteiger partial charge in [-0.05, 0) is 23.1 Å². The van der Waals surface area contributed by atoms with Crippen LogP contribution in [0.1, 0.15) is 5.56 Å². The Morgan fingerprint density at radius 2 is 1.66 bits per heavy atom. The van der Waals surface area contributed by atoms with Crippen molar-refractivity contribution < 1.29 is 28.8 Å². The van der Waals surface area contributed by atoms with Gasteiger partial charge in [-0.15, -0.1) is 0 Å². The van der Waals surface area contributed by atoms with Crippen molar-refractivity contribution in [2.45, 2.75) is 12.5 Å². The molecule has 4 amide bonds. The predicted octanol–water partition coefficient (Wildman–Crippen LogP) is 2.62. The highest BCUT2D eigenvalue weighted by molar-refractivity contribution is 6.32. The molecule has 12 nitrogen and oxygen atoms in total. The third-order valence-corrected chi connectivity index (χ3v) is 8.62. The lowest BCUT2D eigenvalue weighted by molar-refractivity contribution is -0.384. The van der Waals surface area contributed by atoms with E-state index in [-0.39, 0.29) is 18.7 Å². The first-order valence-corrected chi connectivity index (χ1v) is 13.6. The first-order valence-electron chi connectivity index (χ1n) is 13.6. The van der Waals surface area contributed by atoms with Crippen LogP contribution in [0.4, 0.5) is 27.5 Å². The number of nitrogens with one attached hydrogen (secondary N) is 1. The minimum Gasteiger partial charge on any atom is -0.378 e. The van der Waals surface area contributed by atoms with Crippen molar-refractivity contribution in [1.82, 2.24) is 5.32 Å². The number of nitro groups is 1. The number of hydrogen-bond acceptors (Lipinski definition) is 9. The number of carbonyl (C=O) groups is 3. The number of fused-ring (bicyclic) bond motifs is 5. The summed E-state index contributed by atoms with van der Waals surface area (Å²) in [5.74, 6) is -1.40. The van der Waals surface area contributed by atoms with E-state index in [0.717, 1.165) is 16.0 Å². The quantitative estimate of drug-likeness (QED) is 0.293. The van der Waals surface area contributed by atoms with E-state index in [1.807, 2.05) is 40.1 Å². The van der Waals surface area contributed by atoms with Gasteiger partial charge in [0.25, 0.3) is 11.6 Å². The zero-order chi connectivity index (χ0) is 28.3. The fraction of sp³-hybridized carbons (Fsp3) is 0.345. The molecule has 0 radical (unpaired) electrons. The third kappa shape index (κ3) is 3.78. The zero-order valence-electron chi connectivity index (χ0n) is 22.1. The molecule has 3 aromatic rings. The van der Waals surface area contributed by atoms with E-state index in [1.165, 1.54) is 6.07 Å². The Balaban J connectivity index is 1.39. The Morgan fingerprint density at radius 1 is 0.902 bits per heavy atom. The van der Waals surface area contributed by atoms with Gasteiger partial charge in [-0.2, -0.15) is 0 Å². The molecule has 0 bridgehead atoms. The van der Waals surface area contributed by atoms with Crippen LogP contribution in [-0.2, 0) is 25.5 Å². The SMILES string of the molecule is O=C1NC(=O)[C@]2(Cc3cc([N+](=O)[O-])c(N4CCOCC4)cc3N3CCOC[C@@H]32)C(=O)N1c1cccc2ccccc12. The Labute approximate surface area is 234 Å². The maximum absolute atomic E-state index is 14.6. The molecule has 0 saturated carbocycles. The molecule has 0 aliphatic carbocycles. The molecule has 0 aromatic heterocycles. The number of hydrogen-bond donors (Lipinski definition) is 1. The van der Waals surface area contributed by atoms with Gasteiger partial charge in [-0.1, -0.05) is 36.4 Å². The number of nitrogens with zero attached hydrogens (tertiary/aromatic N) is 4. The maximum atomic E-state index is 14.6. The zero-order valence-corrected chi connectivity index (χ0v) is 22.1. The minimum absolute atomic E-state index is 0.0834. The van der Waals surface area contributed by atoms with Gasteiger partial charge in [0.15, 0.2) is 5.41 Å². The van der Waals surface area contributed by atoms with E-state index in [1.54, 1.807) is 18.2 Å². The van der Waals surface area contributed by atoms with Crippen molar-refractivity contribution in [3.8, 4) is 0 Å². The summed E-state index contributed by atoms with van der Waals surface area (Å²) in [5, 5.41) is 16.2. The number of anilines is 3. The van der Waals surface area contributed by atoms with Gasteiger partial charge >= 0.3 is 6.03 Å². The van der Waals surface area contributed by atoms with Gasteiger partial charge in [0, 0.05) is 43.2 Å². The number of morpholine rings is 2. The number of nitro benzene ring substituents is 1. The van der Waals surface area contributed by atoms with Gasteiger partial charge < -0.3 is 19.3 Å². The molecule has 3 fully saturated rings. The molecule has 0 unspecified atom stereocenters. The molecular weight excluding hydrogens is 530 g/mol. The highest BCUT2D eigenvalue weighted by atomic mass is 16.6. The lowest BCUT2D eigenvalue weighted by atomic mass is 9.68. The topological polar surface area (TPSA) is 135 Å². The summed E-state index contributed by atoms with van der Waals surface area (Å²) >= 11 is 0. The molecule has 4 aliphatic rings. The van der Waals surface area contributed by atoms with Crippen molar-refractivity contribution >= 4 is 51.4 Å². The molecule has 12 heteroatoms. The Kier molecular flexibility index (Phi) is 5.91. The van der Waals surface area contributed by atoms with Crippen LogP contribution in [0.15, 0.2) is 54.6 Å². The van der Waals surface area contributed by atoms with Crippen LogP contribution in [0.5, 0.6) is 0 Å². The second-order valence-electron chi connectivity index (χ2n) is 10.7. The first kappa shape index (κ1) is 25.4. The average molecular weight is 558 g/mol. The van der Waals surface area contributed by atoms with E-state index < -0.39 is 34.2 Å². The predicted molar refractivity (Wildman–Crippen MR) is 149 cm³/mol. The normalized spacial score (nSPS) is 24.3. The lowest BCUT2D eigenvalue weighted by Gasteiger charge is -2.53. The number of carbonyl (C=O) groups excluding carboxylic acids is 3. The molecule has 41 heavy (non-hydrogen) atoms. The summed E-state index contributed by atoms with van der Waals surface area (Å²) < 4.78 is 11.3. The summed E-state index contributed by atoms with van der Waals surface area (Å²) in [6, 6.07) is 14.4. The Morgan fingerprint density at radius 3 is 2.46 bits per heavy atom. The molecule has 3 saturated heterocycles. The van der Waals surface area contributed by atoms with Gasteiger partial charge in [0.2, 0.25) is 5.91 Å². The third-order valence-electron chi connectivity index (χ3n) is 8.62. The number of urea groups is 1. The lowest BCUT2D eigenvalue weighted by Crippen LogP contribution is -2.74. The van der Waals surface area contributed by atoms with Gasteiger partial charge in [0.1, 0.15) is 5.69 Å². The smallest absolute Gasteiger partial charge is 0.335 e. The maximum Gasteiger partial charge on any atom is 0.335 e. The van der Waals surface area contributed by atoms with Crippen LogP contribution in [-0.4, -0.2) is 74.9 Å².